The number of Topliss-reactive ketones (excluding diaryl/α,β-unsaturated/α-hetero) is 2. The minimum Gasteiger partial charge on any atom is -0.299 e. The van der Waals surface area contributed by atoms with Crippen LogP contribution in [-0.2, 0) is 9.59 Å². The van der Waals surface area contributed by atoms with E-state index < -0.39 is 11.3 Å². The molecule has 0 N–H and O–H groups in total. The van der Waals surface area contributed by atoms with Gasteiger partial charge in [0.1, 0.15) is 17.0 Å². The summed E-state index contributed by atoms with van der Waals surface area (Å²) in [6, 6.07) is 9.40. The predicted octanol–water partition coefficient (Wildman–Crippen LogP) is 2.73. The Kier molecular flexibility index (Phi) is 3.34. The molecule has 1 fully saturated rings. The van der Waals surface area contributed by atoms with Crippen LogP contribution < -0.4 is 0 Å². The molecule has 2 heteroatoms. The van der Waals surface area contributed by atoms with E-state index in [2.05, 4.69) is 5.92 Å². The average molecular weight is 240 g/mol. The minimum atomic E-state index is -1.05. The van der Waals surface area contributed by atoms with Gasteiger partial charge in [-0.1, -0.05) is 36.3 Å². The van der Waals surface area contributed by atoms with Gasteiger partial charge >= 0.3 is 0 Å². The lowest BCUT2D eigenvalue weighted by Gasteiger charge is -2.35. The summed E-state index contributed by atoms with van der Waals surface area (Å²) in [5.74, 6) is 2.14. The molecule has 1 unspecified atom stereocenters. The van der Waals surface area contributed by atoms with Crippen molar-refractivity contribution in [2.75, 3.05) is 0 Å². The highest BCUT2D eigenvalue weighted by Gasteiger charge is 2.48. The summed E-state index contributed by atoms with van der Waals surface area (Å²) in [7, 11) is 0. The van der Waals surface area contributed by atoms with Crippen LogP contribution in [0.15, 0.2) is 30.3 Å². The second kappa shape index (κ2) is 4.78. The SMILES string of the molecule is C#CC(c1ccccc1)C1(C)C(=O)CCCC1=O. The monoisotopic (exact) mass is 240 g/mol. The van der Waals surface area contributed by atoms with E-state index in [4.69, 9.17) is 6.42 Å². The van der Waals surface area contributed by atoms with Gasteiger partial charge < -0.3 is 0 Å². The molecule has 1 aromatic carbocycles. The maximum atomic E-state index is 12.2. The fraction of sp³-hybridized carbons (Fsp3) is 0.375. The normalized spacial score (nSPS) is 20.2. The summed E-state index contributed by atoms with van der Waals surface area (Å²) in [6.07, 6.45) is 7.15. The first-order valence-corrected chi connectivity index (χ1v) is 6.18. The maximum absolute atomic E-state index is 12.2. The molecule has 0 bridgehead atoms. The van der Waals surface area contributed by atoms with Crippen LogP contribution in [-0.4, -0.2) is 11.6 Å². The third-order valence-corrected chi connectivity index (χ3v) is 3.84. The van der Waals surface area contributed by atoms with Crippen LogP contribution in [0.4, 0.5) is 0 Å². The van der Waals surface area contributed by atoms with Gasteiger partial charge in [0, 0.05) is 12.8 Å². The van der Waals surface area contributed by atoms with Gasteiger partial charge in [-0.2, -0.15) is 0 Å². The van der Waals surface area contributed by atoms with Crippen molar-refractivity contribution in [3.8, 4) is 12.3 Å². The van der Waals surface area contributed by atoms with E-state index in [0.717, 1.165) is 5.56 Å². The summed E-state index contributed by atoms with van der Waals surface area (Å²) < 4.78 is 0. The fourth-order valence-corrected chi connectivity index (χ4v) is 2.65. The number of benzene rings is 1. The average Bonchev–Trinajstić information content (AvgIpc) is 2.38. The van der Waals surface area contributed by atoms with Crippen LogP contribution in [0.2, 0.25) is 0 Å². The molecule has 2 rings (SSSR count). The Bertz CT molecular complexity index is 492. The second-order valence-electron chi connectivity index (χ2n) is 4.91. The van der Waals surface area contributed by atoms with E-state index in [1.807, 2.05) is 30.3 Å². The van der Waals surface area contributed by atoms with Crippen LogP contribution in [0.3, 0.4) is 0 Å². The molecule has 0 spiro atoms. The topological polar surface area (TPSA) is 34.1 Å². The van der Waals surface area contributed by atoms with Gasteiger partial charge in [-0.05, 0) is 18.9 Å². The fourth-order valence-electron chi connectivity index (χ4n) is 2.65. The van der Waals surface area contributed by atoms with Gasteiger partial charge in [-0.3, -0.25) is 9.59 Å². The molecule has 0 aliphatic heterocycles. The summed E-state index contributed by atoms with van der Waals surface area (Å²) in [6.45, 7) is 1.70. The molecule has 2 nitrogen and oxygen atoms in total. The van der Waals surface area contributed by atoms with E-state index in [0.29, 0.717) is 19.3 Å². The highest BCUT2D eigenvalue weighted by atomic mass is 16.2. The van der Waals surface area contributed by atoms with Crippen molar-refractivity contribution in [3.05, 3.63) is 35.9 Å². The molecule has 1 aromatic rings. The first kappa shape index (κ1) is 12.6. The Morgan fingerprint density at radius 2 is 1.72 bits per heavy atom. The van der Waals surface area contributed by atoms with Crippen molar-refractivity contribution in [3.63, 3.8) is 0 Å². The van der Waals surface area contributed by atoms with E-state index in [9.17, 15) is 9.59 Å². The second-order valence-corrected chi connectivity index (χ2v) is 4.91. The Hall–Kier alpha value is -1.88. The largest absolute Gasteiger partial charge is 0.299 e. The van der Waals surface area contributed by atoms with Gasteiger partial charge in [0.15, 0.2) is 0 Å². The zero-order valence-corrected chi connectivity index (χ0v) is 10.5. The molecule has 1 aliphatic rings. The standard InChI is InChI=1S/C16H16O2/c1-3-13(12-8-5-4-6-9-12)16(2)14(17)10-7-11-15(16)18/h1,4-6,8-9,13H,7,10-11H2,2H3. The lowest BCUT2D eigenvalue weighted by Crippen LogP contribution is -2.44. The summed E-state index contributed by atoms with van der Waals surface area (Å²) in [4.78, 5) is 24.4. The number of terminal acetylenes is 1. The first-order chi connectivity index (χ1) is 8.60. The van der Waals surface area contributed by atoms with Gasteiger partial charge in [-0.15, -0.1) is 6.42 Å². The lowest BCUT2D eigenvalue weighted by atomic mass is 9.64. The third kappa shape index (κ3) is 1.86. The van der Waals surface area contributed by atoms with Crippen LogP contribution in [0.25, 0.3) is 0 Å². The highest BCUT2D eigenvalue weighted by molar-refractivity contribution is 6.09. The molecule has 0 heterocycles. The molecule has 92 valence electrons. The minimum absolute atomic E-state index is 0.0226. The van der Waals surface area contributed by atoms with Crippen molar-refractivity contribution in [1.82, 2.24) is 0 Å². The first-order valence-electron chi connectivity index (χ1n) is 6.18. The molecule has 0 saturated heterocycles. The Morgan fingerprint density at radius 1 is 1.17 bits per heavy atom. The quantitative estimate of drug-likeness (QED) is 0.588. The van der Waals surface area contributed by atoms with Gasteiger partial charge in [0.2, 0.25) is 0 Å². The number of carbonyl (C=O) groups is 2. The van der Waals surface area contributed by atoms with Crippen LogP contribution in [0.5, 0.6) is 0 Å². The molecule has 0 radical (unpaired) electrons. The van der Waals surface area contributed by atoms with Crippen LogP contribution >= 0.6 is 0 Å². The van der Waals surface area contributed by atoms with Crippen molar-refractivity contribution < 1.29 is 9.59 Å². The Morgan fingerprint density at radius 3 is 2.22 bits per heavy atom. The predicted molar refractivity (Wildman–Crippen MR) is 70.0 cm³/mol. The number of rotatable bonds is 2. The van der Waals surface area contributed by atoms with Gasteiger partial charge in [-0.25, -0.2) is 0 Å². The number of hydrogen-bond donors (Lipinski definition) is 0. The molecule has 0 aromatic heterocycles. The third-order valence-electron chi connectivity index (χ3n) is 3.84. The van der Waals surface area contributed by atoms with E-state index in [-0.39, 0.29) is 11.6 Å². The van der Waals surface area contributed by atoms with Crippen molar-refractivity contribution in [2.24, 2.45) is 5.41 Å². The van der Waals surface area contributed by atoms with Crippen LogP contribution in [0, 0.1) is 17.8 Å². The number of hydrogen-bond acceptors (Lipinski definition) is 2. The van der Waals surface area contributed by atoms with Crippen molar-refractivity contribution >= 4 is 11.6 Å². The highest BCUT2D eigenvalue weighted by Crippen LogP contribution is 2.42. The molecular formula is C16H16O2. The Balaban J connectivity index is 2.47. The number of ketones is 2. The van der Waals surface area contributed by atoms with Crippen molar-refractivity contribution in [2.45, 2.75) is 32.1 Å². The van der Waals surface area contributed by atoms with Crippen LogP contribution in [0.1, 0.15) is 37.7 Å². The zero-order valence-electron chi connectivity index (χ0n) is 10.5. The summed E-state index contributed by atoms with van der Waals surface area (Å²) in [5.41, 5.74) is -0.181. The smallest absolute Gasteiger partial charge is 0.147 e. The van der Waals surface area contributed by atoms with E-state index >= 15 is 0 Å². The summed E-state index contributed by atoms with van der Waals surface area (Å²) in [5, 5.41) is 0. The summed E-state index contributed by atoms with van der Waals surface area (Å²) >= 11 is 0. The van der Waals surface area contributed by atoms with Gasteiger partial charge in [0.25, 0.3) is 0 Å². The molecule has 18 heavy (non-hydrogen) atoms. The molecule has 0 amide bonds. The zero-order chi connectivity index (χ0) is 13.2. The lowest BCUT2D eigenvalue weighted by molar-refractivity contribution is -0.143. The van der Waals surface area contributed by atoms with E-state index in [1.165, 1.54) is 0 Å². The maximum Gasteiger partial charge on any atom is 0.147 e. The molecule has 1 aliphatic carbocycles. The Labute approximate surface area is 107 Å². The van der Waals surface area contributed by atoms with Gasteiger partial charge in [0.05, 0.1) is 5.92 Å². The molecule has 1 atom stereocenters. The van der Waals surface area contributed by atoms with Crippen molar-refractivity contribution in [1.29, 1.82) is 0 Å². The molecule has 1 saturated carbocycles. The molecular weight excluding hydrogens is 224 g/mol. The number of carbonyl (C=O) groups excluding carboxylic acids is 2. The van der Waals surface area contributed by atoms with E-state index in [1.54, 1.807) is 6.92 Å².